The van der Waals surface area contributed by atoms with Crippen molar-refractivity contribution in [3.05, 3.63) is 17.7 Å². The molecule has 1 atom stereocenters. The zero-order valence-corrected chi connectivity index (χ0v) is 12.1. The molecule has 1 saturated carbocycles. The maximum absolute atomic E-state index is 12.4. The summed E-state index contributed by atoms with van der Waals surface area (Å²) in [6.45, 7) is 1.40. The van der Waals surface area contributed by atoms with Gasteiger partial charge in [-0.1, -0.05) is 0 Å². The van der Waals surface area contributed by atoms with Crippen molar-refractivity contribution in [2.75, 3.05) is 26.9 Å². The highest BCUT2D eigenvalue weighted by Crippen LogP contribution is 2.40. The fraction of sp³-hybridized carbons (Fsp3) is 0.533. The van der Waals surface area contributed by atoms with Gasteiger partial charge in [0.25, 0.3) is 5.91 Å². The predicted octanol–water partition coefficient (Wildman–Crippen LogP) is 0.933. The molecule has 114 valence electrons. The van der Waals surface area contributed by atoms with Crippen LogP contribution in [0.5, 0.6) is 17.2 Å². The zero-order chi connectivity index (χ0) is 14.8. The molecule has 6 heteroatoms. The summed E-state index contributed by atoms with van der Waals surface area (Å²) in [7, 11) is 1.54. The third kappa shape index (κ3) is 2.90. The van der Waals surface area contributed by atoms with Gasteiger partial charge < -0.3 is 25.3 Å². The number of fused-ring (bicyclic) bond motifs is 1. The van der Waals surface area contributed by atoms with E-state index in [1.807, 2.05) is 0 Å². The number of nitrogens with two attached hydrogens (primary N) is 1. The number of hydrogen-bond acceptors (Lipinski definition) is 5. The lowest BCUT2D eigenvalue weighted by Crippen LogP contribution is -2.41. The molecule has 1 heterocycles. The Labute approximate surface area is 123 Å². The van der Waals surface area contributed by atoms with Crippen molar-refractivity contribution >= 4 is 5.91 Å². The Kier molecular flexibility index (Phi) is 3.88. The molecule has 0 radical (unpaired) electrons. The molecule has 1 unspecified atom stereocenters. The van der Waals surface area contributed by atoms with Crippen molar-refractivity contribution < 1.29 is 19.0 Å². The zero-order valence-electron chi connectivity index (χ0n) is 12.1. The summed E-state index contributed by atoms with van der Waals surface area (Å²) >= 11 is 0. The maximum atomic E-state index is 12.4. The number of ether oxygens (including phenoxy) is 3. The molecule has 1 aliphatic heterocycles. The number of amides is 1. The fourth-order valence-corrected chi connectivity index (χ4v) is 2.52. The SMILES string of the molecule is COc1cc(C(=O)NC(CN)C2CC2)cc2c1OCCO2. The summed E-state index contributed by atoms with van der Waals surface area (Å²) < 4.78 is 16.4. The Hall–Kier alpha value is -1.95. The lowest BCUT2D eigenvalue weighted by atomic mass is 10.1. The highest BCUT2D eigenvalue weighted by molar-refractivity contribution is 5.96. The van der Waals surface area contributed by atoms with Gasteiger partial charge in [0.2, 0.25) is 5.75 Å². The normalized spacial score (nSPS) is 18.0. The Morgan fingerprint density at radius 2 is 2.19 bits per heavy atom. The van der Waals surface area contributed by atoms with Crippen LogP contribution in [0.15, 0.2) is 12.1 Å². The molecule has 3 N–H and O–H groups in total. The van der Waals surface area contributed by atoms with Crippen LogP contribution in [-0.4, -0.2) is 38.8 Å². The summed E-state index contributed by atoms with van der Waals surface area (Å²) in [6.07, 6.45) is 2.26. The van der Waals surface area contributed by atoms with Crippen LogP contribution in [0.25, 0.3) is 0 Å². The van der Waals surface area contributed by atoms with Crippen molar-refractivity contribution in [1.29, 1.82) is 0 Å². The van der Waals surface area contributed by atoms with Gasteiger partial charge in [-0.2, -0.15) is 0 Å². The van der Waals surface area contributed by atoms with Crippen molar-refractivity contribution in [3.63, 3.8) is 0 Å². The average molecular weight is 292 g/mol. The summed E-state index contributed by atoms with van der Waals surface area (Å²) in [6, 6.07) is 3.40. The summed E-state index contributed by atoms with van der Waals surface area (Å²) in [5.41, 5.74) is 6.22. The van der Waals surface area contributed by atoms with E-state index in [0.29, 0.717) is 48.5 Å². The maximum Gasteiger partial charge on any atom is 0.251 e. The van der Waals surface area contributed by atoms with Gasteiger partial charge in [0.15, 0.2) is 11.5 Å². The third-order valence-corrected chi connectivity index (χ3v) is 3.85. The van der Waals surface area contributed by atoms with Gasteiger partial charge >= 0.3 is 0 Å². The number of methoxy groups -OCH3 is 1. The molecule has 1 amide bonds. The molecule has 2 aliphatic rings. The van der Waals surface area contributed by atoms with E-state index in [9.17, 15) is 4.79 Å². The van der Waals surface area contributed by atoms with Gasteiger partial charge in [0.1, 0.15) is 13.2 Å². The molecule has 6 nitrogen and oxygen atoms in total. The van der Waals surface area contributed by atoms with Gasteiger partial charge in [0, 0.05) is 18.2 Å². The Balaban J connectivity index is 1.82. The van der Waals surface area contributed by atoms with Crippen LogP contribution >= 0.6 is 0 Å². The average Bonchev–Trinajstić information content (AvgIpc) is 3.36. The van der Waals surface area contributed by atoms with Crippen LogP contribution in [-0.2, 0) is 0 Å². The van der Waals surface area contributed by atoms with E-state index >= 15 is 0 Å². The molecule has 1 aliphatic carbocycles. The fourth-order valence-electron chi connectivity index (χ4n) is 2.52. The van der Waals surface area contributed by atoms with Crippen molar-refractivity contribution in [1.82, 2.24) is 5.32 Å². The monoisotopic (exact) mass is 292 g/mol. The first-order valence-corrected chi connectivity index (χ1v) is 7.21. The summed E-state index contributed by atoms with van der Waals surface area (Å²) in [5.74, 6) is 1.96. The second-order valence-corrected chi connectivity index (χ2v) is 5.36. The number of nitrogens with one attached hydrogen (secondary N) is 1. The Bertz CT molecular complexity index is 525. The van der Waals surface area contributed by atoms with Crippen LogP contribution in [0.4, 0.5) is 0 Å². The van der Waals surface area contributed by atoms with E-state index in [1.54, 1.807) is 19.2 Å². The molecule has 1 aromatic rings. The van der Waals surface area contributed by atoms with E-state index in [2.05, 4.69) is 5.32 Å². The topological polar surface area (TPSA) is 82.8 Å². The van der Waals surface area contributed by atoms with E-state index in [1.165, 1.54) is 0 Å². The molecule has 0 saturated heterocycles. The molecular weight excluding hydrogens is 272 g/mol. The molecule has 21 heavy (non-hydrogen) atoms. The molecule has 0 bridgehead atoms. The standard InChI is InChI=1S/C15H20N2O4/c1-19-12-6-10(7-13-14(12)21-5-4-20-13)15(18)17-11(8-16)9-2-3-9/h6-7,9,11H,2-5,8,16H2,1H3,(H,17,18). The van der Waals surface area contributed by atoms with Crippen LogP contribution in [0.2, 0.25) is 0 Å². The van der Waals surface area contributed by atoms with E-state index in [0.717, 1.165) is 12.8 Å². The third-order valence-electron chi connectivity index (χ3n) is 3.85. The first-order chi connectivity index (χ1) is 10.2. The summed E-state index contributed by atoms with van der Waals surface area (Å²) in [4.78, 5) is 12.4. The highest BCUT2D eigenvalue weighted by atomic mass is 16.6. The first kappa shape index (κ1) is 14.0. The number of carbonyl (C=O) groups is 1. The first-order valence-electron chi connectivity index (χ1n) is 7.21. The van der Waals surface area contributed by atoms with Crippen molar-refractivity contribution in [3.8, 4) is 17.2 Å². The van der Waals surface area contributed by atoms with Gasteiger partial charge in [-0.15, -0.1) is 0 Å². The lowest BCUT2D eigenvalue weighted by molar-refractivity contribution is 0.0931. The molecule has 1 aromatic carbocycles. The van der Waals surface area contributed by atoms with Crippen molar-refractivity contribution in [2.45, 2.75) is 18.9 Å². The Morgan fingerprint density at radius 1 is 1.43 bits per heavy atom. The number of rotatable bonds is 5. The van der Waals surface area contributed by atoms with Gasteiger partial charge in [-0.25, -0.2) is 0 Å². The van der Waals surface area contributed by atoms with Crippen LogP contribution < -0.4 is 25.3 Å². The smallest absolute Gasteiger partial charge is 0.251 e. The highest BCUT2D eigenvalue weighted by Gasteiger charge is 2.32. The second kappa shape index (κ2) is 5.81. The summed E-state index contributed by atoms with van der Waals surface area (Å²) in [5, 5.41) is 2.99. The largest absolute Gasteiger partial charge is 0.493 e. The molecule has 0 aromatic heterocycles. The van der Waals surface area contributed by atoms with Gasteiger partial charge in [-0.3, -0.25) is 4.79 Å². The van der Waals surface area contributed by atoms with Crippen LogP contribution in [0, 0.1) is 5.92 Å². The number of hydrogen-bond donors (Lipinski definition) is 2. The van der Waals surface area contributed by atoms with Gasteiger partial charge in [-0.05, 0) is 30.9 Å². The van der Waals surface area contributed by atoms with E-state index in [-0.39, 0.29) is 11.9 Å². The minimum atomic E-state index is -0.160. The molecule has 0 spiro atoms. The van der Waals surface area contributed by atoms with Crippen LogP contribution in [0.3, 0.4) is 0 Å². The minimum absolute atomic E-state index is 0.0386. The van der Waals surface area contributed by atoms with Crippen molar-refractivity contribution in [2.24, 2.45) is 11.7 Å². The Morgan fingerprint density at radius 3 is 2.86 bits per heavy atom. The number of benzene rings is 1. The van der Waals surface area contributed by atoms with E-state index in [4.69, 9.17) is 19.9 Å². The molecule has 3 rings (SSSR count). The quantitative estimate of drug-likeness (QED) is 0.843. The number of carbonyl (C=O) groups excluding carboxylic acids is 1. The molecular formula is C15H20N2O4. The van der Waals surface area contributed by atoms with E-state index < -0.39 is 0 Å². The van der Waals surface area contributed by atoms with Crippen LogP contribution in [0.1, 0.15) is 23.2 Å². The second-order valence-electron chi connectivity index (χ2n) is 5.36. The predicted molar refractivity (Wildman–Crippen MR) is 77.0 cm³/mol. The van der Waals surface area contributed by atoms with Gasteiger partial charge in [0.05, 0.1) is 7.11 Å². The molecule has 1 fully saturated rings. The lowest BCUT2D eigenvalue weighted by Gasteiger charge is -2.22. The minimum Gasteiger partial charge on any atom is -0.493 e.